The van der Waals surface area contributed by atoms with Crippen LogP contribution in [0.2, 0.25) is 0 Å². The normalized spacial score (nSPS) is 23.0. The van der Waals surface area contributed by atoms with Crippen LogP contribution in [0.4, 0.5) is 4.79 Å². The average Bonchev–Trinajstić information content (AvgIpc) is 3.24. The van der Waals surface area contributed by atoms with Crippen molar-refractivity contribution >= 4 is 12.0 Å². The van der Waals surface area contributed by atoms with Crippen LogP contribution in [0.5, 0.6) is 0 Å². The van der Waals surface area contributed by atoms with Crippen molar-refractivity contribution in [3.8, 4) is 6.07 Å². The maximum Gasteiger partial charge on any atom is 0.410 e. The maximum atomic E-state index is 12.4. The number of rotatable bonds is 5. The Balaban J connectivity index is 1.60. The third-order valence-corrected chi connectivity index (χ3v) is 4.24. The lowest BCUT2D eigenvalue weighted by Crippen LogP contribution is -2.47. The van der Waals surface area contributed by atoms with Gasteiger partial charge in [0.2, 0.25) is 5.91 Å². The zero-order chi connectivity index (χ0) is 16.9. The zero-order valence-electron chi connectivity index (χ0n) is 13.2. The Hall–Kier alpha value is -2.59. The zero-order valence-corrected chi connectivity index (χ0v) is 13.2. The van der Waals surface area contributed by atoms with E-state index < -0.39 is 12.1 Å². The largest absolute Gasteiger partial charge is 0.447 e. The topological polar surface area (TPSA) is 91.7 Å². The molecule has 0 aromatic heterocycles. The van der Waals surface area contributed by atoms with Crippen LogP contribution in [0.3, 0.4) is 0 Å². The molecule has 0 spiro atoms. The molecule has 2 amide bonds. The van der Waals surface area contributed by atoms with Crippen LogP contribution in [-0.2, 0) is 20.8 Å². The minimum absolute atomic E-state index is 0.0481. The van der Waals surface area contributed by atoms with Gasteiger partial charge in [0, 0.05) is 13.2 Å². The van der Waals surface area contributed by atoms with Crippen LogP contribution in [-0.4, -0.2) is 48.8 Å². The molecule has 0 saturated carbocycles. The second-order valence-corrected chi connectivity index (χ2v) is 5.91. The summed E-state index contributed by atoms with van der Waals surface area (Å²) in [6.45, 7) is 1.50. The third-order valence-electron chi connectivity index (χ3n) is 4.24. The third kappa shape index (κ3) is 3.66. The van der Waals surface area contributed by atoms with E-state index in [0.29, 0.717) is 12.1 Å². The lowest BCUT2D eigenvalue weighted by molar-refractivity contribution is -0.125. The Labute approximate surface area is 140 Å². The van der Waals surface area contributed by atoms with Crippen LogP contribution in [0, 0.1) is 11.3 Å². The molecule has 2 fully saturated rings. The molecule has 2 heterocycles. The summed E-state index contributed by atoms with van der Waals surface area (Å²) in [6.07, 6.45) is 1.50. The number of nitrogens with one attached hydrogen (secondary N) is 1. The van der Waals surface area contributed by atoms with E-state index in [1.54, 1.807) is 24.3 Å². The molecular weight excluding hydrogens is 310 g/mol. The predicted molar refractivity (Wildman–Crippen MR) is 83.8 cm³/mol. The molecule has 7 heteroatoms. The van der Waals surface area contributed by atoms with Crippen molar-refractivity contribution in [2.24, 2.45) is 0 Å². The van der Waals surface area contributed by atoms with E-state index >= 15 is 0 Å². The Morgan fingerprint density at radius 3 is 2.83 bits per heavy atom. The molecule has 7 nitrogen and oxygen atoms in total. The van der Waals surface area contributed by atoms with Crippen LogP contribution in [0.1, 0.15) is 24.0 Å². The first-order chi connectivity index (χ1) is 11.7. The fourth-order valence-corrected chi connectivity index (χ4v) is 2.86. The lowest BCUT2D eigenvalue weighted by Gasteiger charge is -2.21. The van der Waals surface area contributed by atoms with E-state index in [1.807, 2.05) is 6.07 Å². The number of nitrogens with zero attached hydrogens (tertiary/aromatic N) is 2. The molecule has 24 heavy (non-hydrogen) atoms. The number of hydrogen-bond donors (Lipinski definition) is 1. The first-order valence-corrected chi connectivity index (χ1v) is 7.99. The van der Waals surface area contributed by atoms with Gasteiger partial charge in [0.15, 0.2) is 0 Å². The number of cyclic esters (lactones) is 1. The summed E-state index contributed by atoms with van der Waals surface area (Å²) >= 11 is 0. The Bertz CT molecular complexity index is 647. The van der Waals surface area contributed by atoms with Crippen LogP contribution >= 0.6 is 0 Å². The van der Waals surface area contributed by atoms with Gasteiger partial charge in [-0.15, -0.1) is 0 Å². The summed E-state index contributed by atoms with van der Waals surface area (Å²) in [4.78, 5) is 25.7. The van der Waals surface area contributed by atoms with E-state index in [2.05, 4.69) is 5.32 Å². The molecule has 1 unspecified atom stereocenters. The Morgan fingerprint density at radius 2 is 2.17 bits per heavy atom. The molecule has 2 atom stereocenters. The molecule has 1 aromatic rings. The molecule has 0 aliphatic carbocycles. The van der Waals surface area contributed by atoms with Crippen molar-refractivity contribution in [2.75, 3.05) is 19.8 Å². The van der Waals surface area contributed by atoms with Gasteiger partial charge in [-0.05, 0) is 30.5 Å². The molecule has 0 radical (unpaired) electrons. The van der Waals surface area contributed by atoms with Crippen molar-refractivity contribution in [2.45, 2.75) is 31.5 Å². The highest BCUT2D eigenvalue weighted by Gasteiger charge is 2.38. The van der Waals surface area contributed by atoms with Crippen LogP contribution in [0.25, 0.3) is 0 Å². The van der Waals surface area contributed by atoms with Crippen molar-refractivity contribution in [3.63, 3.8) is 0 Å². The summed E-state index contributed by atoms with van der Waals surface area (Å²) in [6, 6.07) is 8.31. The standard InChI is InChI=1S/C17H19N3O4/c18-8-12-3-5-13(6-4-12)10-20-15(11-24-17(20)22)16(21)19-9-14-2-1-7-23-14/h3-6,14-15H,1-2,7,9-11H2,(H,19,21)/t14?,15-/m0/s1. The van der Waals surface area contributed by atoms with Crippen molar-refractivity contribution in [1.29, 1.82) is 5.26 Å². The smallest absolute Gasteiger partial charge is 0.410 e. The summed E-state index contributed by atoms with van der Waals surface area (Å²) in [5.74, 6) is -0.231. The number of hydrogen-bond acceptors (Lipinski definition) is 5. The second-order valence-electron chi connectivity index (χ2n) is 5.91. The molecular formula is C17H19N3O4. The number of carbonyl (C=O) groups excluding carboxylic acids is 2. The van der Waals surface area contributed by atoms with Gasteiger partial charge < -0.3 is 14.8 Å². The summed E-state index contributed by atoms with van der Waals surface area (Å²) in [5.41, 5.74) is 1.39. The Kier molecular flexibility index (Phi) is 4.96. The molecule has 2 aliphatic heterocycles. The van der Waals surface area contributed by atoms with E-state index in [-0.39, 0.29) is 25.2 Å². The maximum absolute atomic E-state index is 12.4. The quantitative estimate of drug-likeness (QED) is 0.875. The van der Waals surface area contributed by atoms with Gasteiger partial charge in [-0.3, -0.25) is 9.69 Å². The summed E-state index contributed by atoms with van der Waals surface area (Å²) in [5, 5.41) is 11.7. The molecule has 0 bridgehead atoms. The number of amides is 2. The van der Waals surface area contributed by atoms with E-state index in [1.165, 1.54) is 4.90 Å². The lowest BCUT2D eigenvalue weighted by atomic mass is 10.1. The molecule has 1 aromatic carbocycles. The van der Waals surface area contributed by atoms with Gasteiger partial charge in [0.05, 0.1) is 24.3 Å². The first-order valence-electron chi connectivity index (χ1n) is 7.99. The minimum atomic E-state index is -0.644. The second kappa shape index (κ2) is 7.32. The minimum Gasteiger partial charge on any atom is -0.447 e. The van der Waals surface area contributed by atoms with E-state index in [0.717, 1.165) is 25.0 Å². The fourth-order valence-electron chi connectivity index (χ4n) is 2.86. The number of ether oxygens (including phenoxy) is 2. The van der Waals surface area contributed by atoms with Crippen molar-refractivity contribution in [1.82, 2.24) is 10.2 Å². The molecule has 2 aliphatic rings. The monoisotopic (exact) mass is 329 g/mol. The number of benzene rings is 1. The van der Waals surface area contributed by atoms with E-state index in [9.17, 15) is 9.59 Å². The van der Waals surface area contributed by atoms with Crippen LogP contribution in [0.15, 0.2) is 24.3 Å². The SMILES string of the molecule is N#Cc1ccc(CN2C(=O)OC[C@H]2C(=O)NCC2CCCO2)cc1. The number of nitriles is 1. The summed E-state index contributed by atoms with van der Waals surface area (Å²) in [7, 11) is 0. The highest BCUT2D eigenvalue weighted by atomic mass is 16.6. The van der Waals surface area contributed by atoms with E-state index in [4.69, 9.17) is 14.7 Å². The van der Waals surface area contributed by atoms with Crippen molar-refractivity contribution in [3.05, 3.63) is 35.4 Å². The van der Waals surface area contributed by atoms with Gasteiger partial charge in [0.25, 0.3) is 0 Å². The highest BCUT2D eigenvalue weighted by molar-refractivity contribution is 5.87. The number of carbonyl (C=O) groups is 2. The summed E-state index contributed by atoms with van der Waals surface area (Å²) < 4.78 is 10.5. The van der Waals surface area contributed by atoms with Crippen LogP contribution < -0.4 is 5.32 Å². The van der Waals surface area contributed by atoms with Crippen molar-refractivity contribution < 1.29 is 19.1 Å². The van der Waals surface area contributed by atoms with Gasteiger partial charge in [0.1, 0.15) is 12.6 Å². The fraction of sp³-hybridized carbons (Fsp3) is 0.471. The first kappa shape index (κ1) is 16.3. The predicted octanol–water partition coefficient (Wildman–Crippen LogP) is 1.17. The Morgan fingerprint density at radius 1 is 1.38 bits per heavy atom. The van der Waals surface area contributed by atoms with Gasteiger partial charge in [-0.1, -0.05) is 12.1 Å². The van der Waals surface area contributed by atoms with Gasteiger partial charge in [-0.25, -0.2) is 4.79 Å². The van der Waals surface area contributed by atoms with Gasteiger partial charge >= 0.3 is 6.09 Å². The average molecular weight is 329 g/mol. The molecule has 3 rings (SSSR count). The van der Waals surface area contributed by atoms with Gasteiger partial charge in [-0.2, -0.15) is 5.26 Å². The highest BCUT2D eigenvalue weighted by Crippen LogP contribution is 2.18. The molecule has 1 N–H and O–H groups in total. The molecule has 126 valence electrons. The molecule has 2 saturated heterocycles.